The molecular weight excluding hydrogens is 462 g/mol. The first kappa shape index (κ1) is 23.8. The van der Waals surface area contributed by atoms with Crippen molar-refractivity contribution >= 4 is 46.1 Å². The number of carbonyl (C=O) groups excluding carboxylic acids is 2. The Hall–Kier alpha value is -4.34. The van der Waals surface area contributed by atoms with Crippen molar-refractivity contribution in [1.29, 1.82) is 5.26 Å². The Labute approximate surface area is 208 Å². The summed E-state index contributed by atoms with van der Waals surface area (Å²) >= 11 is 6.35. The van der Waals surface area contributed by atoms with Crippen LogP contribution in [0.4, 0.5) is 5.69 Å². The smallest absolute Gasteiger partial charge is 0.338 e. The monoisotopic (exact) mass is 483 g/mol. The second-order valence-corrected chi connectivity index (χ2v) is 8.15. The van der Waals surface area contributed by atoms with Gasteiger partial charge in [0.15, 0.2) is 0 Å². The minimum Gasteiger partial charge on any atom is -0.462 e. The number of carbonyl (C=O) groups is 2. The molecule has 0 aliphatic carbocycles. The molecule has 1 amide bonds. The van der Waals surface area contributed by atoms with Crippen LogP contribution in [0.5, 0.6) is 0 Å². The number of fused-ring (bicyclic) bond motifs is 1. The van der Waals surface area contributed by atoms with Crippen LogP contribution in [0.3, 0.4) is 0 Å². The normalized spacial score (nSPS) is 11.2. The molecule has 1 N–H and O–H groups in total. The first-order valence-corrected chi connectivity index (χ1v) is 11.4. The third-order valence-electron chi connectivity index (χ3n) is 5.44. The highest BCUT2D eigenvalue weighted by Gasteiger charge is 2.14. The van der Waals surface area contributed by atoms with Crippen molar-refractivity contribution in [1.82, 2.24) is 4.57 Å². The van der Waals surface area contributed by atoms with Crippen LogP contribution in [0.2, 0.25) is 5.02 Å². The molecule has 0 radical (unpaired) electrons. The standard InChI is InChI=1S/C28H22ClN3O3/c1-2-35-28(34)19-11-13-23(14-12-19)31-27(33)21(16-30)15-22-18-32(26-10-6-4-8-24(22)26)17-20-7-3-5-9-25(20)29/h3-15,18H,2,17H2,1H3,(H,31,33)/b21-15+. The summed E-state index contributed by atoms with van der Waals surface area (Å²) in [5, 5.41) is 14.0. The summed E-state index contributed by atoms with van der Waals surface area (Å²) in [5.74, 6) is -0.976. The molecule has 0 fully saturated rings. The van der Waals surface area contributed by atoms with E-state index in [2.05, 4.69) is 5.32 Å². The van der Waals surface area contributed by atoms with Crippen molar-refractivity contribution < 1.29 is 14.3 Å². The van der Waals surface area contributed by atoms with E-state index in [4.69, 9.17) is 16.3 Å². The largest absolute Gasteiger partial charge is 0.462 e. The molecule has 0 spiro atoms. The van der Waals surface area contributed by atoms with E-state index in [1.807, 2.05) is 65.4 Å². The van der Waals surface area contributed by atoms with E-state index in [-0.39, 0.29) is 12.2 Å². The van der Waals surface area contributed by atoms with Crippen molar-refractivity contribution in [2.75, 3.05) is 11.9 Å². The van der Waals surface area contributed by atoms with Gasteiger partial charge in [-0.3, -0.25) is 4.79 Å². The predicted molar refractivity (Wildman–Crippen MR) is 137 cm³/mol. The van der Waals surface area contributed by atoms with E-state index in [0.717, 1.165) is 22.0 Å². The maximum Gasteiger partial charge on any atom is 0.338 e. The molecular formula is C28H22ClN3O3. The number of amides is 1. The number of ether oxygens (including phenoxy) is 1. The lowest BCUT2D eigenvalue weighted by molar-refractivity contribution is -0.112. The van der Waals surface area contributed by atoms with Gasteiger partial charge in [-0.15, -0.1) is 0 Å². The molecule has 0 aliphatic heterocycles. The summed E-state index contributed by atoms with van der Waals surface area (Å²) < 4.78 is 7.01. The number of esters is 1. The average Bonchev–Trinajstić information content (AvgIpc) is 3.21. The predicted octanol–water partition coefficient (Wildman–Crippen LogP) is 6.07. The summed E-state index contributed by atoms with van der Waals surface area (Å²) in [6.45, 7) is 2.56. The summed E-state index contributed by atoms with van der Waals surface area (Å²) in [5.41, 5.74) is 3.48. The van der Waals surface area contributed by atoms with Crippen LogP contribution in [0, 0.1) is 11.3 Å². The second-order valence-electron chi connectivity index (χ2n) is 7.74. The van der Waals surface area contributed by atoms with Gasteiger partial charge in [0.1, 0.15) is 11.6 Å². The van der Waals surface area contributed by atoms with Crippen molar-refractivity contribution in [2.45, 2.75) is 13.5 Å². The number of nitrogens with one attached hydrogen (secondary N) is 1. The van der Waals surface area contributed by atoms with Crippen LogP contribution >= 0.6 is 11.6 Å². The number of hydrogen-bond donors (Lipinski definition) is 1. The molecule has 0 saturated heterocycles. The van der Waals surface area contributed by atoms with Gasteiger partial charge in [0.25, 0.3) is 5.91 Å². The zero-order valence-electron chi connectivity index (χ0n) is 19.0. The fourth-order valence-corrected chi connectivity index (χ4v) is 3.93. The van der Waals surface area contributed by atoms with Gasteiger partial charge in [0.05, 0.1) is 12.2 Å². The second kappa shape index (κ2) is 10.7. The van der Waals surface area contributed by atoms with Crippen LogP contribution in [0.25, 0.3) is 17.0 Å². The van der Waals surface area contributed by atoms with E-state index >= 15 is 0 Å². The molecule has 6 nitrogen and oxygen atoms in total. The van der Waals surface area contributed by atoms with E-state index < -0.39 is 11.9 Å². The summed E-state index contributed by atoms with van der Waals surface area (Å²) in [4.78, 5) is 24.6. The topological polar surface area (TPSA) is 84.1 Å². The summed E-state index contributed by atoms with van der Waals surface area (Å²) in [6, 6.07) is 23.7. The van der Waals surface area contributed by atoms with Crippen LogP contribution < -0.4 is 5.32 Å². The zero-order chi connectivity index (χ0) is 24.8. The first-order chi connectivity index (χ1) is 17.0. The zero-order valence-corrected chi connectivity index (χ0v) is 19.8. The number of aromatic nitrogens is 1. The fraction of sp³-hybridized carbons (Fsp3) is 0.107. The van der Waals surface area contributed by atoms with Crippen LogP contribution in [-0.2, 0) is 16.1 Å². The van der Waals surface area contributed by atoms with Gasteiger partial charge in [-0.2, -0.15) is 5.26 Å². The molecule has 1 heterocycles. The minimum absolute atomic E-state index is 0.0416. The molecule has 1 aromatic heterocycles. The number of nitriles is 1. The van der Waals surface area contributed by atoms with Gasteiger partial charge in [0.2, 0.25) is 0 Å². The lowest BCUT2D eigenvalue weighted by atomic mass is 10.1. The van der Waals surface area contributed by atoms with Crippen LogP contribution in [0.15, 0.2) is 84.6 Å². The molecule has 4 aromatic rings. The molecule has 174 valence electrons. The van der Waals surface area contributed by atoms with Gasteiger partial charge < -0.3 is 14.6 Å². The number of anilines is 1. The molecule has 35 heavy (non-hydrogen) atoms. The number of hydrogen-bond acceptors (Lipinski definition) is 4. The molecule has 0 atom stereocenters. The number of para-hydroxylation sites is 1. The van der Waals surface area contributed by atoms with Crippen LogP contribution in [0.1, 0.15) is 28.4 Å². The maximum atomic E-state index is 12.8. The highest BCUT2D eigenvalue weighted by molar-refractivity contribution is 6.31. The van der Waals surface area contributed by atoms with Gasteiger partial charge in [0, 0.05) is 39.9 Å². The van der Waals surface area contributed by atoms with E-state index in [0.29, 0.717) is 22.8 Å². The summed E-state index contributed by atoms with van der Waals surface area (Å²) in [7, 11) is 0. The quantitative estimate of drug-likeness (QED) is 0.196. The number of benzene rings is 3. The minimum atomic E-state index is -0.542. The number of nitrogens with zero attached hydrogens (tertiary/aromatic N) is 2. The molecule has 4 rings (SSSR count). The van der Waals surface area contributed by atoms with E-state index in [9.17, 15) is 14.9 Å². The highest BCUT2D eigenvalue weighted by Crippen LogP contribution is 2.26. The first-order valence-electron chi connectivity index (χ1n) is 11.0. The SMILES string of the molecule is CCOC(=O)c1ccc(NC(=O)/C(C#N)=C/c2cn(Cc3ccccc3Cl)c3ccccc23)cc1. The van der Waals surface area contributed by atoms with Gasteiger partial charge in [-0.1, -0.05) is 48.0 Å². The Morgan fingerprint density at radius 3 is 2.49 bits per heavy atom. The third kappa shape index (κ3) is 5.43. The number of halogens is 1. The van der Waals surface area contributed by atoms with Gasteiger partial charge in [-0.25, -0.2) is 4.79 Å². The van der Waals surface area contributed by atoms with E-state index in [1.165, 1.54) is 0 Å². The molecule has 7 heteroatoms. The molecule has 0 unspecified atom stereocenters. The van der Waals surface area contributed by atoms with Gasteiger partial charge >= 0.3 is 5.97 Å². The molecule has 0 bridgehead atoms. The highest BCUT2D eigenvalue weighted by atomic mass is 35.5. The Bertz CT molecular complexity index is 1460. The van der Waals surface area contributed by atoms with E-state index in [1.54, 1.807) is 37.3 Å². The third-order valence-corrected chi connectivity index (χ3v) is 5.81. The molecule has 0 aliphatic rings. The maximum absolute atomic E-state index is 12.8. The van der Waals surface area contributed by atoms with Crippen molar-refractivity contribution in [3.05, 3.63) is 106 Å². The number of rotatable bonds is 7. The summed E-state index contributed by atoms with van der Waals surface area (Å²) in [6.07, 6.45) is 3.49. The average molecular weight is 484 g/mol. The Balaban J connectivity index is 1.60. The van der Waals surface area contributed by atoms with Crippen molar-refractivity contribution in [2.24, 2.45) is 0 Å². The molecule has 0 saturated carbocycles. The van der Waals surface area contributed by atoms with Crippen molar-refractivity contribution in [3.63, 3.8) is 0 Å². The van der Waals surface area contributed by atoms with Crippen LogP contribution in [-0.4, -0.2) is 23.1 Å². The lowest BCUT2D eigenvalue weighted by Gasteiger charge is -2.07. The fourth-order valence-electron chi connectivity index (χ4n) is 3.74. The Kier molecular flexibility index (Phi) is 7.30. The van der Waals surface area contributed by atoms with Gasteiger partial charge in [-0.05, 0) is 55.0 Å². The molecule has 3 aromatic carbocycles. The lowest BCUT2D eigenvalue weighted by Crippen LogP contribution is -2.13. The Morgan fingerprint density at radius 1 is 1.06 bits per heavy atom. The Morgan fingerprint density at radius 2 is 1.77 bits per heavy atom. The van der Waals surface area contributed by atoms with Crippen molar-refractivity contribution in [3.8, 4) is 6.07 Å².